The molecule has 0 heterocycles. The van der Waals surface area contributed by atoms with Crippen LogP contribution in [0.4, 0.5) is 0 Å². The van der Waals surface area contributed by atoms with Gasteiger partial charge in [-0.05, 0) is 30.7 Å². The van der Waals surface area contributed by atoms with Crippen molar-refractivity contribution in [2.24, 2.45) is 5.73 Å². The highest BCUT2D eigenvalue weighted by Gasteiger charge is 2.14. The van der Waals surface area contributed by atoms with Gasteiger partial charge >= 0.3 is 5.97 Å². The van der Waals surface area contributed by atoms with Crippen molar-refractivity contribution in [3.63, 3.8) is 0 Å². The fraction of sp³-hybridized carbons (Fsp3) is 0.533. The van der Waals surface area contributed by atoms with Gasteiger partial charge in [-0.2, -0.15) is 0 Å². The lowest BCUT2D eigenvalue weighted by atomic mass is 9.96. The van der Waals surface area contributed by atoms with Crippen LogP contribution in [0.1, 0.15) is 37.7 Å². The Morgan fingerprint density at radius 2 is 2.00 bits per heavy atom. The molecule has 1 aromatic rings. The Bertz CT molecular complexity index is 375. The number of unbranched alkanes of at least 4 members (excludes halogenated alkanes) is 1. The minimum atomic E-state index is -0.237. The molecule has 1 rings (SSSR count). The Morgan fingerprint density at radius 3 is 2.53 bits per heavy atom. The number of esters is 1. The monoisotopic (exact) mass is 265 g/mol. The van der Waals surface area contributed by atoms with E-state index in [0.717, 1.165) is 30.8 Å². The van der Waals surface area contributed by atoms with Crippen LogP contribution in [0.5, 0.6) is 5.75 Å². The number of benzene rings is 1. The van der Waals surface area contributed by atoms with Gasteiger partial charge in [-0.1, -0.05) is 25.5 Å². The fourth-order valence-corrected chi connectivity index (χ4v) is 1.79. The molecule has 0 aliphatic carbocycles. The summed E-state index contributed by atoms with van der Waals surface area (Å²) in [6.45, 7) is 3.29. The van der Waals surface area contributed by atoms with Crippen molar-refractivity contribution in [1.82, 2.24) is 0 Å². The predicted molar refractivity (Wildman–Crippen MR) is 75.3 cm³/mol. The molecule has 0 radical (unpaired) electrons. The Morgan fingerprint density at radius 1 is 1.32 bits per heavy atom. The highest BCUT2D eigenvalue weighted by molar-refractivity contribution is 5.70. The van der Waals surface area contributed by atoms with Gasteiger partial charge in [0.05, 0.1) is 20.1 Å². The van der Waals surface area contributed by atoms with Crippen molar-refractivity contribution in [1.29, 1.82) is 0 Å². The van der Waals surface area contributed by atoms with Crippen molar-refractivity contribution in [2.75, 3.05) is 20.3 Å². The van der Waals surface area contributed by atoms with Crippen molar-refractivity contribution < 1.29 is 14.3 Å². The summed E-state index contributed by atoms with van der Waals surface area (Å²) >= 11 is 0. The van der Waals surface area contributed by atoms with E-state index in [1.807, 2.05) is 24.3 Å². The zero-order valence-corrected chi connectivity index (χ0v) is 11.7. The van der Waals surface area contributed by atoms with Crippen LogP contribution in [0, 0.1) is 0 Å². The summed E-state index contributed by atoms with van der Waals surface area (Å²) in [6, 6.07) is 7.76. The van der Waals surface area contributed by atoms with E-state index in [4.69, 9.17) is 10.5 Å². The predicted octanol–water partition coefficient (Wildman–Crippen LogP) is 2.47. The topological polar surface area (TPSA) is 61.5 Å². The van der Waals surface area contributed by atoms with Crippen LogP contribution in [0.25, 0.3) is 0 Å². The minimum absolute atomic E-state index is 0.00265. The third-order valence-electron chi connectivity index (χ3n) is 3.04. The Kier molecular flexibility index (Phi) is 6.97. The zero-order valence-electron chi connectivity index (χ0n) is 11.7. The van der Waals surface area contributed by atoms with Gasteiger partial charge in [0.2, 0.25) is 0 Å². The molecular formula is C15H23NO3. The Hall–Kier alpha value is -1.55. The Balaban J connectivity index is 2.59. The molecular weight excluding hydrogens is 242 g/mol. The smallest absolute Gasteiger partial charge is 0.306 e. The largest absolute Gasteiger partial charge is 0.494 e. The molecule has 1 aromatic carbocycles. The van der Waals surface area contributed by atoms with Gasteiger partial charge in [0, 0.05) is 5.92 Å². The number of carbonyl (C=O) groups excluding carboxylic acids is 1. The molecule has 4 nitrogen and oxygen atoms in total. The van der Waals surface area contributed by atoms with Crippen LogP contribution in [0.2, 0.25) is 0 Å². The van der Waals surface area contributed by atoms with E-state index in [9.17, 15) is 4.79 Å². The molecule has 0 saturated heterocycles. The van der Waals surface area contributed by atoms with Crippen LogP contribution in [-0.2, 0) is 9.53 Å². The van der Waals surface area contributed by atoms with E-state index in [2.05, 4.69) is 11.7 Å². The summed E-state index contributed by atoms with van der Waals surface area (Å²) in [6.07, 6.45) is 2.48. The molecule has 0 amide bonds. The number of nitrogens with two attached hydrogens (primary N) is 1. The van der Waals surface area contributed by atoms with Crippen LogP contribution >= 0.6 is 0 Å². The molecule has 0 aliphatic heterocycles. The van der Waals surface area contributed by atoms with Gasteiger partial charge < -0.3 is 15.2 Å². The first-order chi connectivity index (χ1) is 9.21. The van der Waals surface area contributed by atoms with Crippen LogP contribution < -0.4 is 10.5 Å². The second-order valence-corrected chi connectivity index (χ2v) is 4.48. The lowest BCUT2D eigenvalue weighted by molar-refractivity contribution is -0.141. The third-order valence-corrected chi connectivity index (χ3v) is 3.04. The highest BCUT2D eigenvalue weighted by Crippen LogP contribution is 2.22. The van der Waals surface area contributed by atoms with E-state index in [0.29, 0.717) is 13.0 Å². The molecule has 4 heteroatoms. The van der Waals surface area contributed by atoms with Crippen molar-refractivity contribution in [3.05, 3.63) is 29.8 Å². The number of methoxy groups -OCH3 is 1. The minimum Gasteiger partial charge on any atom is -0.494 e. The quantitative estimate of drug-likeness (QED) is 0.579. The molecule has 0 fully saturated rings. The normalized spacial score (nSPS) is 11.9. The molecule has 0 spiro atoms. The summed E-state index contributed by atoms with van der Waals surface area (Å²) in [5, 5.41) is 0. The van der Waals surface area contributed by atoms with Gasteiger partial charge in [0.25, 0.3) is 0 Å². The molecule has 2 N–H and O–H groups in total. The summed E-state index contributed by atoms with van der Waals surface area (Å²) in [5.74, 6) is 0.613. The first-order valence-corrected chi connectivity index (χ1v) is 6.70. The second kappa shape index (κ2) is 8.53. The van der Waals surface area contributed by atoms with E-state index in [1.54, 1.807) is 0 Å². The summed E-state index contributed by atoms with van der Waals surface area (Å²) < 4.78 is 10.3. The fourth-order valence-electron chi connectivity index (χ4n) is 1.79. The van der Waals surface area contributed by atoms with Gasteiger partial charge in [-0.25, -0.2) is 0 Å². The summed E-state index contributed by atoms with van der Waals surface area (Å²) in [4.78, 5) is 11.3. The molecule has 106 valence electrons. The van der Waals surface area contributed by atoms with Crippen LogP contribution in [0.3, 0.4) is 0 Å². The van der Waals surface area contributed by atoms with E-state index < -0.39 is 0 Å². The lowest BCUT2D eigenvalue weighted by Crippen LogP contribution is -2.17. The van der Waals surface area contributed by atoms with Gasteiger partial charge in [0.1, 0.15) is 5.75 Å². The summed E-state index contributed by atoms with van der Waals surface area (Å²) in [7, 11) is 1.39. The van der Waals surface area contributed by atoms with E-state index in [1.165, 1.54) is 7.11 Å². The van der Waals surface area contributed by atoms with Gasteiger partial charge in [-0.3, -0.25) is 4.79 Å². The molecule has 0 aromatic heterocycles. The standard InChI is InChI=1S/C15H23NO3/c1-3-4-9-19-14-7-5-12(6-8-14)13(11-16)10-15(17)18-2/h5-8,13H,3-4,9-11,16H2,1-2H3. The highest BCUT2D eigenvalue weighted by atomic mass is 16.5. The van der Waals surface area contributed by atoms with E-state index >= 15 is 0 Å². The zero-order chi connectivity index (χ0) is 14.1. The van der Waals surface area contributed by atoms with Gasteiger partial charge in [0.15, 0.2) is 0 Å². The Labute approximate surface area is 114 Å². The molecule has 0 aliphatic rings. The first-order valence-electron chi connectivity index (χ1n) is 6.70. The average Bonchev–Trinajstić information content (AvgIpc) is 2.45. The number of carbonyl (C=O) groups is 1. The van der Waals surface area contributed by atoms with Crippen LogP contribution in [-0.4, -0.2) is 26.2 Å². The SMILES string of the molecule is CCCCOc1ccc(C(CN)CC(=O)OC)cc1. The molecule has 0 bridgehead atoms. The maximum Gasteiger partial charge on any atom is 0.306 e. The van der Waals surface area contributed by atoms with E-state index in [-0.39, 0.29) is 11.9 Å². The maximum atomic E-state index is 11.3. The van der Waals surface area contributed by atoms with Gasteiger partial charge in [-0.15, -0.1) is 0 Å². The van der Waals surface area contributed by atoms with Crippen molar-refractivity contribution in [2.45, 2.75) is 32.1 Å². The molecule has 0 saturated carbocycles. The molecule has 1 atom stereocenters. The number of hydrogen-bond donors (Lipinski definition) is 1. The third kappa shape index (κ3) is 5.30. The molecule has 19 heavy (non-hydrogen) atoms. The lowest BCUT2D eigenvalue weighted by Gasteiger charge is -2.14. The van der Waals surface area contributed by atoms with Crippen molar-refractivity contribution >= 4 is 5.97 Å². The first kappa shape index (κ1) is 15.5. The number of ether oxygens (including phenoxy) is 2. The van der Waals surface area contributed by atoms with Crippen LogP contribution in [0.15, 0.2) is 24.3 Å². The number of rotatable bonds is 8. The molecule has 1 unspecified atom stereocenters. The summed E-state index contributed by atoms with van der Waals surface area (Å²) in [5.41, 5.74) is 6.74. The number of hydrogen-bond acceptors (Lipinski definition) is 4. The second-order valence-electron chi connectivity index (χ2n) is 4.48. The maximum absolute atomic E-state index is 11.3. The average molecular weight is 265 g/mol. The van der Waals surface area contributed by atoms with Crippen molar-refractivity contribution in [3.8, 4) is 5.75 Å².